The molecule has 0 unspecified atom stereocenters. The maximum atomic E-state index is 9.39. The quantitative estimate of drug-likeness (QED) is 0.318. The van der Waals surface area contributed by atoms with Gasteiger partial charge in [-0.3, -0.25) is 0 Å². The van der Waals surface area contributed by atoms with Crippen molar-refractivity contribution in [1.82, 2.24) is 10.6 Å². The molecular weight excluding hydrogens is 472 g/mol. The fourth-order valence-electron chi connectivity index (χ4n) is 2.22. The lowest BCUT2D eigenvalue weighted by molar-refractivity contribution is 0.280. The molecule has 0 atom stereocenters. The first-order valence-electron chi connectivity index (χ1n) is 7.77. The van der Waals surface area contributed by atoms with Crippen molar-refractivity contribution in [2.45, 2.75) is 26.6 Å². The van der Waals surface area contributed by atoms with Crippen molar-refractivity contribution in [3.8, 4) is 0 Å². The van der Waals surface area contributed by atoms with E-state index in [4.69, 9.17) is 23.2 Å². The number of rotatable bonds is 6. The van der Waals surface area contributed by atoms with Gasteiger partial charge in [0, 0.05) is 23.1 Å². The summed E-state index contributed by atoms with van der Waals surface area (Å²) in [6.45, 7) is 3.80. The first-order valence-corrected chi connectivity index (χ1v) is 8.53. The molecule has 0 heterocycles. The first-order chi connectivity index (χ1) is 11.6. The number of benzene rings is 2. The molecule has 0 aliphatic rings. The molecule has 0 radical (unpaired) electrons. The Kier molecular flexibility index (Phi) is 10.2. The second kappa shape index (κ2) is 11.6. The monoisotopic (exact) mass is 493 g/mol. The topological polar surface area (TPSA) is 56.7 Å². The Morgan fingerprint density at radius 3 is 2.40 bits per heavy atom. The number of nitrogens with one attached hydrogen (secondary N) is 2. The van der Waals surface area contributed by atoms with Gasteiger partial charge in [0.15, 0.2) is 5.96 Å². The van der Waals surface area contributed by atoms with Gasteiger partial charge in [-0.2, -0.15) is 0 Å². The van der Waals surface area contributed by atoms with Gasteiger partial charge in [0.2, 0.25) is 0 Å². The Hall–Kier alpha value is -1.02. The molecule has 0 aliphatic carbocycles. The lowest BCUT2D eigenvalue weighted by Gasteiger charge is -2.13. The van der Waals surface area contributed by atoms with Crippen molar-refractivity contribution in [2.75, 3.05) is 6.54 Å². The van der Waals surface area contributed by atoms with Crippen molar-refractivity contribution < 1.29 is 5.11 Å². The van der Waals surface area contributed by atoms with Crippen LogP contribution in [0.2, 0.25) is 10.0 Å². The summed E-state index contributed by atoms with van der Waals surface area (Å²) in [5.41, 5.74) is 2.84. The van der Waals surface area contributed by atoms with Crippen LogP contribution in [-0.4, -0.2) is 17.6 Å². The molecule has 25 heavy (non-hydrogen) atoms. The largest absolute Gasteiger partial charge is 0.392 e. The zero-order valence-electron chi connectivity index (χ0n) is 13.9. The molecule has 2 aromatic rings. The summed E-state index contributed by atoms with van der Waals surface area (Å²) in [5.74, 6) is 0.691. The predicted octanol–water partition coefficient (Wildman–Crippen LogP) is 4.36. The van der Waals surface area contributed by atoms with Crippen LogP contribution in [-0.2, 0) is 19.7 Å². The van der Waals surface area contributed by atoms with Crippen LogP contribution in [0, 0.1) is 0 Å². The number of nitrogens with zero attached hydrogens (tertiary/aromatic N) is 1. The molecule has 136 valence electrons. The van der Waals surface area contributed by atoms with Gasteiger partial charge in [0.25, 0.3) is 0 Å². The molecule has 2 rings (SSSR count). The maximum absolute atomic E-state index is 9.39. The van der Waals surface area contributed by atoms with E-state index in [1.165, 1.54) is 0 Å². The number of hydrogen-bond donors (Lipinski definition) is 3. The Morgan fingerprint density at radius 2 is 1.76 bits per heavy atom. The van der Waals surface area contributed by atoms with Gasteiger partial charge in [0.05, 0.1) is 13.2 Å². The summed E-state index contributed by atoms with van der Waals surface area (Å²) in [6, 6.07) is 13.1. The minimum absolute atomic E-state index is 0. The molecule has 0 spiro atoms. The van der Waals surface area contributed by atoms with Gasteiger partial charge < -0.3 is 15.7 Å². The molecule has 0 saturated heterocycles. The lowest BCUT2D eigenvalue weighted by Crippen LogP contribution is -2.36. The molecular formula is C18H22Cl2IN3O. The Balaban J connectivity index is 0.00000312. The van der Waals surface area contributed by atoms with Crippen molar-refractivity contribution in [3.05, 3.63) is 69.2 Å². The second-order valence-corrected chi connectivity index (χ2v) is 6.05. The molecule has 0 amide bonds. The molecule has 4 nitrogen and oxygen atoms in total. The minimum Gasteiger partial charge on any atom is -0.392 e. The molecule has 3 N–H and O–H groups in total. The molecule has 7 heteroatoms. The van der Waals surface area contributed by atoms with Crippen LogP contribution in [0.1, 0.15) is 23.6 Å². The molecule has 0 aliphatic heterocycles. The molecule has 0 aromatic heterocycles. The number of aliphatic hydroxyl groups excluding tert-OH is 1. The van der Waals surface area contributed by atoms with E-state index in [-0.39, 0.29) is 30.6 Å². The maximum Gasteiger partial charge on any atom is 0.191 e. The SMILES string of the molecule is CCNC(=NCc1ccccc1CO)NCc1ccc(Cl)cc1Cl.I. The highest BCUT2D eigenvalue weighted by molar-refractivity contribution is 14.0. The summed E-state index contributed by atoms with van der Waals surface area (Å²) in [4.78, 5) is 4.57. The summed E-state index contributed by atoms with van der Waals surface area (Å²) >= 11 is 12.1. The van der Waals surface area contributed by atoms with Crippen LogP contribution in [0.15, 0.2) is 47.5 Å². The van der Waals surface area contributed by atoms with Crippen LogP contribution < -0.4 is 10.6 Å². The average molecular weight is 494 g/mol. The van der Waals surface area contributed by atoms with E-state index >= 15 is 0 Å². The Morgan fingerprint density at radius 1 is 1.04 bits per heavy atom. The Bertz CT molecular complexity index is 710. The second-order valence-electron chi connectivity index (χ2n) is 5.21. The molecule has 0 fully saturated rings. The smallest absolute Gasteiger partial charge is 0.191 e. The van der Waals surface area contributed by atoms with Crippen molar-refractivity contribution in [3.63, 3.8) is 0 Å². The summed E-state index contributed by atoms with van der Waals surface area (Å²) < 4.78 is 0. The van der Waals surface area contributed by atoms with Crippen LogP contribution in [0.5, 0.6) is 0 Å². The van der Waals surface area contributed by atoms with E-state index in [1.807, 2.05) is 43.3 Å². The number of aliphatic hydroxyl groups is 1. The van der Waals surface area contributed by atoms with Crippen molar-refractivity contribution in [2.24, 2.45) is 4.99 Å². The van der Waals surface area contributed by atoms with Gasteiger partial charge >= 0.3 is 0 Å². The minimum atomic E-state index is 0. The fraction of sp³-hybridized carbons (Fsp3) is 0.278. The summed E-state index contributed by atoms with van der Waals surface area (Å²) in [6.07, 6.45) is 0. The fourth-order valence-corrected chi connectivity index (χ4v) is 2.69. The van der Waals surface area contributed by atoms with Crippen LogP contribution in [0.4, 0.5) is 0 Å². The molecule has 2 aromatic carbocycles. The highest BCUT2D eigenvalue weighted by Crippen LogP contribution is 2.20. The third-order valence-corrected chi connectivity index (χ3v) is 4.09. The number of halogens is 3. The van der Waals surface area contributed by atoms with E-state index in [0.29, 0.717) is 29.1 Å². The summed E-state index contributed by atoms with van der Waals surface area (Å²) in [7, 11) is 0. The van der Waals surface area contributed by atoms with Gasteiger partial charge in [-0.25, -0.2) is 4.99 Å². The predicted molar refractivity (Wildman–Crippen MR) is 116 cm³/mol. The van der Waals surface area contributed by atoms with Crippen LogP contribution in [0.3, 0.4) is 0 Å². The lowest BCUT2D eigenvalue weighted by atomic mass is 10.1. The highest BCUT2D eigenvalue weighted by Gasteiger charge is 2.04. The van der Waals surface area contributed by atoms with E-state index in [0.717, 1.165) is 23.2 Å². The average Bonchev–Trinajstić information content (AvgIpc) is 2.59. The van der Waals surface area contributed by atoms with E-state index in [9.17, 15) is 5.11 Å². The van der Waals surface area contributed by atoms with E-state index in [1.54, 1.807) is 6.07 Å². The van der Waals surface area contributed by atoms with Crippen molar-refractivity contribution in [1.29, 1.82) is 0 Å². The van der Waals surface area contributed by atoms with E-state index < -0.39 is 0 Å². The third-order valence-electron chi connectivity index (χ3n) is 3.50. The Labute approximate surface area is 175 Å². The van der Waals surface area contributed by atoms with Crippen molar-refractivity contribution >= 4 is 53.1 Å². The van der Waals surface area contributed by atoms with E-state index in [2.05, 4.69) is 15.6 Å². The first kappa shape index (κ1) is 22.0. The number of hydrogen-bond acceptors (Lipinski definition) is 2. The third kappa shape index (κ3) is 7.01. The molecule has 0 saturated carbocycles. The zero-order chi connectivity index (χ0) is 17.4. The number of aliphatic imine (C=N–C) groups is 1. The zero-order valence-corrected chi connectivity index (χ0v) is 17.8. The van der Waals surface area contributed by atoms with Gasteiger partial charge in [-0.1, -0.05) is 53.5 Å². The molecule has 0 bridgehead atoms. The van der Waals surface area contributed by atoms with Gasteiger partial charge in [0.1, 0.15) is 0 Å². The number of guanidine groups is 1. The standard InChI is InChI=1S/C18H21Cl2N3O.HI/c1-2-21-18(22-10-13-5-3-4-6-15(13)12-24)23-11-14-7-8-16(19)9-17(14)20;/h3-9,24H,2,10-12H2,1H3,(H2,21,22,23);1H. The van der Waals surface area contributed by atoms with Crippen LogP contribution >= 0.6 is 47.2 Å². The highest BCUT2D eigenvalue weighted by atomic mass is 127. The van der Waals surface area contributed by atoms with Crippen LogP contribution in [0.25, 0.3) is 0 Å². The van der Waals surface area contributed by atoms with Gasteiger partial charge in [-0.05, 0) is 35.7 Å². The normalized spacial score (nSPS) is 11.0. The summed E-state index contributed by atoms with van der Waals surface area (Å²) in [5, 5.41) is 17.1. The van der Waals surface area contributed by atoms with Gasteiger partial charge in [-0.15, -0.1) is 24.0 Å².